The first-order valence-corrected chi connectivity index (χ1v) is 17.4. The Labute approximate surface area is 295 Å². The van der Waals surface area contributed by atoms with Crippen molar-refractivity contribution in [3.05, 3.63) is 194 Å². The molecule has 0 fully saturated rings. The van der Waals surface area contributed by atoms with Crippen LogP contribution in [0.4, 0.5) is 17.1 Å². The van der Waals surface area contributed by atoms with Crippen molar-refractivity contribution in [2.75, 3.05) is 4.90 Å². The first kappa shape index (κ1) is 29.1. The zero-order chi connectivity index (χ0) is 33.7. The van der Waals surface area contributed by atoms with E-state index >= 15 is 0 Å². The molecule has 0 atom stereocenters. The Morgan fingerprint density at radius 3 is 1.55 bits per heavy atom. The molecule has 0 spiro atoms. The van der Waals surface area contributed by atoms with Crippen LogP contribution in [-0.2, 0) is 0 Å². The minimum atomic E-state index is 0.886. The monoisotopic (exact) mass is 652 g/mol. The molecule has 2 heterocycles. The fraction of sp³-hybridized carbons (Fsp3) is 0. The third-order valence-electron chi connectivity index (χ3n) is 10.0. The molecule has 0 N–H and O–H groups in total. The molecule has 0 aliphatic carbocycles. The molecule has 0 radical (unpaired) electrons. The van der Waals surface area contributed by atoms with E-state index in [0.29, 0.717) is 0 Å². The fourth-order valence-corrected chi connectivity index (χ4v) is 7.65. The Balaban J connectivity index is 1.21. The van der Waals surface area contributed by atoms with Gasteiger partial charge in [0.05, 0.1) is 22.4 Å². The van der Waals surface area contributed by atoms with Crippen LogP contribution in [0.3, 0.4) is 0 Å². The van der Waals surface area contributed by atoms with E-state index in [2.05, 4.69) is 191 Å². The highest BCUT2D eigenvalue weighted by Gasteiger charge is 2.23. The summed E-state index contributed by atoms with van der Waals surface area (Å²) in [6, 6.07) is 69.1. The number of para-hydroxylation sites is 3. The zero-order valence-electron chi connectivity index (χ0n) is 27.8. The molecule has 240 valence electrons. The van der Waals surface area contributed by atoms with Gasteiger partial charge >= 0.3 is 0 Å². The summed E-state index contributed by atoms with van der Waals surface area (Å²) in [5, 5.41) is 4.60. The van der Waals surface area contributed by atoms with Crippen LogP contribution in [0, 0.1) is 0 Å². The first-order valence-electron chi connectivity index (χ1n) is 17.4. The van der Waals surface area contributed by atoms with Crippen molar-refractivity contribution < 1.29 is 4.42 Å². The largest absolute Gasteiger partial charge is 0.454 e. The molecular weight excluding hydrogens is 621 g/mol. The maximum absolute atomic E-state index is 6.59. The minimum Gasteiger partial charge on any atom is -0.454 e. The average molecular weight is 653 g/mol. The lowest BCUT2D eigenvalue weighted by atomic mass is 10.0. The van der Waals surface area contributed by atoms with Gasteiger partial charge < -0.3 is 13.9 Å². The van der Waals surface area contributed by atoms with Crippen LogP contribution in [0.1, 0.15) is 0 Å². The van der Waals surface area contributed by atoms with Gasteiger partial charge in [0.15, 0.2) is 5.58 Å². The Hall–Kier alpha value is -6.84. The van der Waals surface area contributed by atoms with Gasteiger partial charge in [-0.25, -0.2) is 0 Å². The van der Waals surface area contributed by atoms with Crippen LogP contribution in [0.15, 0.2) is 199 Å². The van der Waals surface area contributed by atoms with Crippen LogP contribution in [0.2, 0.25) is 0 Å². The standard InChI is InChI=1S/C48H32N2O/c1-3-13-33(14-4-1)35-25-29-37(30-26-35)49(38-31-27-36(28-32-38)34-15-5-2-6-16-34)43-21-12-22-44-47(43)41-18-7-9-20-42(41)50(44)45-23-11-19-40-39-17-8-10-24-46(39)51-48(40)45/h1-32H. The summed E-state index contributed by atoms with van der Waals surface area (Å²) in [5.41, 5.74) is 13.1. The third kappa shape index (κ3) is 4.82. The molecule has 0 amide bonds. The van der Waals surface area contributed by atoms with Crippen molar-refractivity contribution in [3.8, 4) is 27.9 Å². The molecule has 2 aromatic heterocycles. The van der Waals surface area contributed by atoms with Gasteiger partial charge in [0, 0.05) is 32.9 Å². The lowest BCUT2D eigenvalue weighted by molar-refractivity contribution is 0.666. The number of aromatic nitrogens is 1. The minimum absolute atomic E-state index is 0.886. The number of rotatable bonds is 6. The van der Waals surface area contributed by atoms with Gasteiger partial charge in [-0.3, -0.25) is 0 Å². The normalized spacial score (nSPS) is 11.5. The highest BCUT2D eigenvalue weighted by Crippen LogP contribution is 2.45. The zero-order valence-corrected chi connectivity index (χ0v) is 27.8. The molecular formula is C48H32N2O. The van der Waals surface area contributed by atoms with Crippen LogP contribution in [-0.4, -0.2) is 4.57 Å². The smallest absolute Gasteiger partial charge is 0.159 e. The van der Waals surface area contributed by atoms with Crippen LogP contribution >= 0.6 is 0 Å². The van der Waals surface area contributed by atoms with Crippen molar-refractivity contribution in [1.82, 2.24) is 4.57 Å². The number of anilines is 3. The molecule has 3 heteroatoms. The molecule has 0 saturated carbocycles. The van der Waals surface area contributed by atoms with Crippen molar-refractivity contribution in [2.24, 2.45) is 0 Å². The van der Waals surface area contributed by atoms with Crippen molar-refractivity contribution in [1.29, 1.82) is 0 Å². The number of furan rings is 1. The summed E-state index contributed by atoms with van der Waals surface area (Å²) >= 11 is 0. The number of benzene rings is 8. The molecule has 10 rings (SSSR count). The van der Waals surface area contributed by atoms with Gasteiger partial charge in [0.25, 0.3) is 0 Å². The van der Waals surface area contributed by atoms with Crippen molar-refractivity contribution in [2.45, 2.75) is 0 Å². The number of hydrogen-bond acceptors (Lipinski definition) is 2. The van der Waals surface area contributed by atoms with E-state index in [9.17, 15) is 0 Å². The topological polar surface area (TPSA) is 21.3 Å². The SMILES string of the molecule is c1ccc(-c2ccc(N(c3ccc(-c4ccccc4)cc3)c3cccc4c3c3ccccc3n4-c3cccc4c3oc3ccccc34)cc2)cc1. The van der Waals surface area contributed by atoms with Gasteiger partial charge in [-0.05, 0) is 76.9 Å². The predicted octanol–water partition coefficient (Wildman–Crippen LogP) is 13.5. The van der Waals surface area contributed by atoms with Crippen molar-refractivity contribution >= 4 is 60.8 Å². The third-order valence-corrected chi connectivity index (χ3v) is 10.0. The lowest BCUT2D eigenvalue weighted by Crippen LogP contribution is -2.10. The summed E-state index contributed by atoms with van der Waals surface area (Å²) < 4.78 is 8.95. The van der Waals surface area contributed by atoms with Gasteiger partial charge in [0.2, 0.25) is 0 Å². The van der Waals surface area contributed by atoms with Crippen LogP contribution in [0.25, 0.3) is 71.7 Å². The van der Waals surface area contributed by atoms with E-state index in [-0.39, 0.29) is 0 Å². The van der Waals surface area contributed by atoms with Gasteiger partial charge in [-0.1, -0.05) is 140 Å². The fourth-order valence-electron chi connectivity index (χ4n) is 7.65. The quantitative estimate of drug-likeness (QED) is 0.178. The lowest BCUT2D eigenvalue weighted by Gasteiger charge is -2.27. The van der Waals surface area contributed by atoms with E-state index in [4.69, 9.17) is 4.42 Å². The molecule has 0 saturated heterocycles. The van der Waals surface area contributed by atoms with Gasteiger partial charge in [-0.15, -0.1) is 0 Å². The van der Waals surface area contributed by atoms with Gasteiger partial charge in [0.1, 0.15) is 5.58 Å². The van der Waals surface area contributed by atoms with E-state index in [0.717, 1.165) is 55.7 Å². The Morgan fingerprint density at radius 1 is 0.373 bits per heavy atom. The molecule has 0 aliphatic rings. The Morgan fingerprint density at radius 2 is 0.882 bits per heavy atom. The average Bonchev–Trinajstić information content (AvgIpc) is 3.76. The highest BCUT2D eigenvalue weighted by molar-refractivity contribution is 6.18. The van der Waals surface area contributed by atoms with Crippen LogP contribution < -0.4 is 4.90 Å². The molecule has 8 aromatic carbocycles. The predicted molar refractivity (Wildman–Crippen MR) is 214 cm³/mol. The molecule has 0 unspecified atom stereocenters. The first-order chi connectivity index (χ1) is 25.3. The number of fused-ring (bicyclic) bond motifs is 6. The summed E-state index contributed by atoms with van der Waals surface area (Å²) in [6.07, 6.45) is 0. The van der Waals surface area contributed by atoms with E-state index in [1.165, 1.54) is 33.0 Å². The summed E-state index contributed by atoms with van der Waals surface area (Å²) in [7, 11) is 0. The van der Waals surface area contributed by atoms with E-state index in [1.807, 2.05) is 12.1 Å². The van der Waals surface area contributed by atoms with E-state index in [1.54, 1.807) is 0 Å². The molecule has 3 nitrogen and oxygen atoms in total. The second-order valence-electron chi connectivity index (χ2n) is 12.9. The summed E-state index contributed by atoms with van der Waals surface area (Å²) in [6.45, 7) is 0. The molecule has 51 heavy (non-hydrogen) atoms. The van der Waals surface area contributed by atoms with Gasteiger partial charge in [-0.2, -0.15) is 0 Å². The van der Waals surface area contributed by atoms with E-state index < -0.39 is 0 Å². The van der Waals surface area contributed by atoms with Crippen LogP contribution in [0.5, 0.6) is 0 Å². The summed E-state index contributed by atoms with van der Waals surface area (Å²) in [4.78, 5) is 2.39. The Bertz CT molecular complexity index is 2750. The highest BCUT2D eigenvalue weighted by atomic mass is 16.3. The molecule has 10 aromatic rings. The molecule has 0 aliphatic heterocycles. The number of nitrogens with zero attached hydrogens (tertiary/aromatic N) is 2. The molecule has 0 bridgehead atoms. The second-order valence-corrected chi connectivity index (χ2v) is 12.9. The van der Waals surface area contributed by atoms with Crippen molar-refractivity contribution in [3.63, 3.8) is 0 Å². The maximum atomic E-state index is 6.59. The number of hydrogen-bond donors (Lipinski definition) is 0. The second kappa shape index (κ2) is 11.9. The summed E-state index contributed by atoms with van der Waals surface area (Å²) in [5.74, 6) is 0. The maximum Gasteiger partial charge on any atom is 0.159 e. The Kier molecular flexibility index (Phi) is 6.81.